The van der Waals surface area contributed by atoms with E-state index in [1.807, 2.05) is 87.0 Å². The van der Waals surface area contributed by atoms with Crippen LogP contribution in [0.5, 0.6) is 5.75 Å². The number of rotatable bonds is 4. The van der Waals surface area contributed by atoms with E-state index in [0.717, 1.165) is 34.6 Å². The first-order valence-electron chi connectivity index (χ1n) is 12.3. The summed E-state index contributed by atoms with van der Waals surface area (Å²) in [5.41, 5.74) is 3.00. The Bertz CT molecular complexity index is 1730. The minimum atomic E-state index is -1.18. The second-order valence-corrected chi connectivity index (χ2v) is 10.6. The molecule has 4 aromatic rings. The monoisotopic (exact) mass is 513 g/mol. The summed E-state index contributed by atoms with van der Waals surface area (Å²) in [7, 11) is 0. The zero-order valence-electron chi connectivity index (χ0n) is 21.1. The topological polar surface area (TPSA) is 90.5 Å². The van der Waals surface area contributed by atoms with Gasteiger partial charge in [0.05, 0.1) is 16.8 Å². The van der Waals surface area contributed by atoms with Crippen molar-refractivity contribution < 1.29 is 9.53 Å². The van der Waals surface area contributed by atoms with Crippen LogP contribution < -0.4 is 24.9 Å². The minimum absolute atomic E-state index is 0.176. The largest absolute Gasteiger partial charge is 0.465 e. The molecule has 3 atom stereocenters. The summed E-state index contributed by atoms with van der Waals surface area (Å²) in [6, 6.07) is 14.6. The molecular weight excluding hydrogens is 486 g/mol. The molecule has 2 bridgehead atoms. The van der Waals surface area contributed by atoms with Gasteiger partial charge in [0.2, 0.25) is 11.6 Å². The summed E-state index contributed by atoms with van der Waals surface area (Å²) in [6.45, 7) is 8.54. The molecule has 0 saturated carbocycles. The van der Waals surface area contributed by atoms with Gasteiger partial charge >= 0.3 is 0 Å². The number of anilines is 1. The van der Waals surface area contributed by atoms with Gasteiger partial charge in [0, 0.05) is 29.1 Å². The van der Waals surface area contributed by atoms with E-state index < -0.39 is 17.7 Å². The number of nitrogens with one attached hydrogen (secondary N) is 1. The third-order valence-corrected chi connectivity index (χ3v) is 8.28. The summed E-state index contributed by atoms with van der Waals surface area (Å²) >= 11 is 1.31. The van der Waals surface area contributed by atoms with Crippen molar-refractivity contribution >= 4 is 29.0 Å². The summed E-state index contributed by atoms with van der Waals surface area (Å²) in [6.07, 6.45) is 3.64. The van der Waals surface area contributed by atoms with E-state index in [9.17, 15) is 9.59 Å². The van der Waals surface area contributed by atoms with Crippen LogP contribution in [0, 0.1) is 19.8 Å². The van der Waals surface area contributed by atoms with Crippen molar-refractivity contribution in [3.8, 4) is 5.75 Å². The SMILES string of the molecule is CCn1ncc(C=c2sc3n(c2=O)C2c4ccccc4OC(C)(N=3)C2C(=O)Nc2ccccc2C)c1C. The molecule has 2 aromatic heterocycles. The number of thiazole rings is 1. The molecule has 0 spiro atoms. The highest BCUT2D eigenvalue weighted by Crippen LogP contribution is 2.47. The molecule has 8 nitrogen and oxygen atoms in total. The van der Waals surface area contributed by atoms with Crippen molar-refractivity contribution in [2.24, 2.45) is 10.9 Å². The lowest BCUT2D eigenvalue weighted by atomic mass is 9.80. The highest BCUT2D eigenvalue weighted by molar-refractivity contribution is 7.07. The molecule has 0 saturated heterocycles. The second kappa shape index (κ2) is 8.55. The number of hydrogen-bond donors (Lipinski definition) is 1. The molecule has 2 aliphatic heterocycles. The number of carbonyl (C=O) groups is 1. The maximum Gasteiger partial charge on any atom is 0.270 e. The van der Waals surface area contributed by atoms with Gasteiger partial charge in [0.1, 0.15) is 11.7 Å². The average molecular weight is 514 g/mol. The van der Waals surface area contributed by atoms with E-state index in [0.29, 0.717) is 15.1 Å². The molecule has 0 aliphatic carbocycles. The third-order valence-electron chi connectivity index (χ3n) is 7.29. The zero-order valence-corrected chi connectivity index (χ0v) is 21.9. The fourth-order valence-electron chi connectivity index (χ4n) is 5.33. The predicted octanol–water partition coefficient (Wildman–Crippen LogP) is 3.16. The Balaban J connectivity index is 1.54. The number of aromatic nitrogens is 3. The van der Waals surface area contributed by atoms with Gasteiger partial charge < -0.3 is 10.1 Å². The zero-order chi connectivity index (χ0) is 25.9. The van der Waals surface area contributed by atoms with Crippen molar-refractivity contribution in [3.05, 3.63) is 96.8 Å². The van der Waals surface area contributed by atoms with Crippen LogP contribution in [0.1, 0.15) is 42.3 Å². The number of benzene rings is 2. The highest BCUT2D eigenvalue weighted by atomic mass is 32.1. The first kappa shape index (κ1) is 23.4. The van der Waals surface area contributed by atoms with Crippen molar-refractivity contribution in [2.75, 3.05) is 5.32 Å². The number of nitrogens with zero attached hydrogens (tertiary/aromatic N) is 4. The summed E-state index contributed by atoms with van der Waals surface area (Å²) in [5.74, 6) is -0.360. The van der Waals surface area contributed by atoms with E-state index in [-0.39, 0.29) is 11.5 Å². The van der Waals surface area contributed by atoms with Crippen molar-refractivity contribution in [1.29, 1.82) is 0 Å². The number of carbonyl (C=O) groups excluding carboxylic acids is 1. The van der Waals surface area contributed by atoms with Gasteiger partial charge in [0.25, 0.3) is 5.56 Å². The maximum atomic E-state index is 13.9. The number of para-hydroxylation sites is 2. The third kappa shape index (κ3) is 3.64. The van der Waals surface area contributed by atoms with E-state index in [1.54, 1.807) is 10.8 Å². The normalized spacial score (nSPS) is 22.0. The van der Waals surface area contributed by atoms with Gasteiger partial charge in [-0.15, -0.1) is 0 Å². The predicted molar refractivity (Wildman–Crippen MR) is 142 cm³/mol. The van der Waals surface area contributed by atoms with Crippen molar-refractivity contribution in [1.82, 2.24) is 14.3 Å². The molecule has 4 heterocycles. The molecule has 2 aliphatic rings. The first-order chi connectivity index (χ1) is 17.8. The van der Waals surface area contributed by atoms with Gasteiger partial charge in [-0.2, -0.15) is 5.10 Å². The summed E-state index contributed by atoms with van der Waals surface area (Å²) < 4.78 is 10.5. The van der Waals surface area contributed by atoms with Gasteiger partial charge in [-0.05, 0) is 51.5 Å². The van der Waals surface area contributed by atoms with Crippen molar-refractivity contribution in [2.45, 2.75) is 46.0 Å². The fraction of sp³-hybridized carbons (Fsp3) is 0.286. The second-order valence-electron chi connectivity index (χ2n) is 9.60. The fourth-order valence-corrected chi connectivity index (χ4v) is 6.42. The molecule has 0 radical (unpaired) electrons. The van der Waals surface area contributed by atoms with Crippen LogP contribution in [0.25, 0.3) is 6.08 Å². The summed E-state index contributed by atoms with van der Waals surface area (Å²) in [4.78, 5) is 33.2. The van der Waals surface area contributed by atoms with E-state index in [2.05, 4.69) is 10.4 Å². The van der Waals surface area contributed by atoms with Crippen LogP contribution in [0.4, 0.5) is 5.69 Å². The Morgan fingerprint density at radius 1 is 1.19 bits per heavy atom. The Hall–Kier alpha value is -3.98. The molecule has 1 N–H and O–H groups in total. The molecule has 37 heavy (non-hydrogen) atoms. The van der Waals surface area contributed by atoms with Crippen LogP contribution >= 0.6 is 11.3 Å². The van der Waals surface area contributed by atoms with Crippen LogP contribution in [0.3, 0.4) is 0 Å². The van der Waals surface area contributed by atoms with Gasteiger partial charge in [0.15, 0.2) is 4.80 Å². The number of aryl methyl sites for hydroxylation is 2. The Kier molecular flexibility index (Phi) is 5.41. The van der Waals surface area contributed by atoms with Crippen LogP contribution in [-0.4, -0.2) is 26.0 Å². The van der Waals surface area contributed by atoms with Crippen LogP contribution in [0.15, 0.2) is 64.5 Å². The molecule has 9 heteroatoms. The highest BCUT2D eigenvalue weighted by Gasteiger charge is 2.55. The minimum Gasteiger partial charge on any atom is -0.465 e. The smallest absolute Gasteiger partial charge is 0.270 e. The number of fused-ring (bicyclic) bond motifs is 6. The van der Waals surface area contributed by atoms with Gasteiger partial charge in [-0.3, -0.25) is 18.8 Å². The number of amides is 1. The van der Waals surface area contributed by atoms with E-state index in [1.165, 1.54) is 11.3 Å². The molecule has 0 fully saturated rings. The maximum absolute atomic E-state index is 13.9. The lowest BCUT2D eigenvalue weighted by Crippen LogP contribution is -2.59. The molecular formula is C28H27N5O3S. The van der Waals surface area contributed by atoms with Crippen LogP contribution in [-0.2, 0) is 11.3 Å². The number of hydrogen-bond acceptors (Lipinski definition) is 6. The number of ether oxygens (including phenoxy) is 1. The van der Waals surface area contributed by atoms with Gasteiger partial charge in [-0.25, -0.2) is 4.99 Å². The average Bonchev–Trinajstić information content (AvgIpc) is 3.37. The first-order valence-corrected chi connectivity index (χ1v) is 13.1. The lowest BCUT2D eigenvalue weighted by Gasteiger charge is -2.45. The standard InChI is InChI=1S/C28H27N5O3S/c1-5-32-17(3)18(15-29-32)14-22-26(35)33-24-19-11-7-9-13-21(19)36-28(4,31-27(33)37-22)23(24)25(34)30-20-12-8-6-10-16(20)2/h6-15,23-24H,5H2,1-4H3,(H,30,34). The lowest BCUT2D eigenvalue weighted by molar-refractivity contribution is -0.131. The Morgan fingerprint density at radius 2 is 1.95 bits per heavy atom. The Labute approximate surface area is 217 Å². The molecule has 188 valence electrons. The Morgan fingerprint density at radius 3 is 2.70 bits per heavy atom. The van der Waals surface area contributed by atoms with E-state index in [4.69, 9.17) is 9.73 Å². The quantitative estimate of drug-likeness (QED) is 0.454. The molecule has 2 aromatic carbocycles. The molecule has 3 unspecified atom stereocenters. The van der Waals surface area contributed by atoms with Gasteiger partial charge in [-0.1, -0.05) is 47.7 Å². The van der Waals surface area contributed by atoms with Crippen LogP contribution in [0.2, 0.25) is 0 Å². The van der Waals surface area contributed by atoms with E-state index >= 15 is 0 Å². The van der Waals surface area contributed by atoms with Crippen molar-refractivity contribution in [3.63, 3.8) is 0 Å². The summed E-state index contributed by atoms with van der Waals surface area (Å²) in [5, 5.41) is 7.47. The molecule has 6 rings (SSSR count). The molecule has 1 amide bonds.